The molecule has 2 aromatic rings. The van der Waals surface area contributed by atoms with Crippen LogP contribution in [-0.2, 0) is 16.0 Å². The summed E-state index contributed by atoms with van der Waals surface area (Å²) in [5, 5.41) is 0.849. The van der Waals surface area contributed by atoms with Gasteiger partial charge in [0, 0.05) is 57.7 Å². The number of aryl methyl sites for hydroxylation is 1. The van der Waals surface area contributed by atoms with Crippen molar-refractivity contribution in [2.24, 2.45) is 0 Å². The minimum atomic E-state index is 0.173. The molecule has 0 bridgehead atoms. The number of benzene rings is 1. The Hall–Kier alpha value is -1.99. The first-order chi connectivity index (χ1) is 13.1. The molecule has 7 heteroatoms. The highest BCUT2D eigenvalue weighted by atomic mass is 32.1. The molecule has 0 spiro atoms. The van der Waals surface area contributed by atoms with Crippen molar-refractivity contribution in [3.05, 3.63) is 41.2 Å². The maximum absolute atomic E-state index is 12.3. The van der Waals surface area contributed by atoms with Gasteiger partial charge in [0.15, 0.2) is 0 Å². The highest BCUT2D eigenvalue weighted by molar-refractivity contribution is 7.09. The van der Waals surface area contributed by atoms with E-state index in [1.54, 1.807) is 7.11 Å². The van der Waals surface area contributed by atoms with Crippen molar-refractivity contribution in [3.8, 4) is 0 Å². The van der Waals surface area contributed by atoms with Crippen LogP contribution in [0.1, 0.15) is 37.2 Å². The predicted octanol–water partition coefficient (Wildman–Crippen LogP) is 3.15. The van der Waals surface area contributed by atoms with Crippen LogP contribution in [0.3, 0.4) is 0 Å². The molecule has 1 heterocycles. The second kappa shape index (κ2) is 11.0. The van der Waals surface area contributed by atoms with E-state index in [9.17, 15) is 4.79 Å². The van der Waals surface area contributed by atoms with Gasteiger partial charge in [0.25, 0.3) is 0 Å². The predicted molar refractivity (Wildman–Crippen MR) is 111 cm³/mol. The smallest absolute Gasteiger partial charge is 0.224 e. The lowest BCUT2D eigenvalue weighted by Crippen LogP contribution is -2.35. The average Bonchev–Trinajstić information content (AvgIpc) is 3.13. The number of amides is 1. The third-order valence-electron chi connectivity index (χ3n) is 4.49. The van der Waals surface area contributed by atoms with E-state index < -0.39 is 0 Å². The molecule has 0 aliphatic carbocycles. The largest absolute Gasteiger partial charge is 0.383 e. The Kier molecular flexibility index (Phi) is 8.67. The Balaban J connectivity index is 2.02. The van der Waals surface area contributed by atoms with E-state index >= 15 is 0 Å². The van der Waals surface area contributed by atoms with Crippen molar-refractivity contribution in [3.63, 3.8) is 0 Å². The van der Waals surface area contributed by atoms with E-state index in [0.29, 0.717) is 32.5 Å². The molecule has 0 unspecified atom stereocenters. The lowest BCUT2D eigenvalue weighted by atomic mass is 10.1. The fraction of sp³-hybridized carbons (Fsp3) is 0.550. The summed E-state index contributed by atoms with van der Waals surface area (Å²) in [5.41, 5.74) is 2.44. The molecule has 1 aromatic heterocycles. The summed E-state index contributed by atoms with van der Waals surface area (Å²) in [6, 6.07) is 8.43. The monoisotopic (exact) mass is 390 g/mol. The first-order valence-electron chi connectivity index (χ1n) is 9.47. The number of anilines is 1. The topological polar surface area (TPSA) is 58.6 Å². The van der Waals surface area contributed by atoms with Crippen molar-refractivity contribution in [1.82, 2.24) is 14.3 Å². The Bertz CT molecular complexity index is 698. The van der Waals surface area contributed by atoms with Crippen LogP contribution < -0.4 is 4.90 Å². The molecule has 0 aliphatic heterocycles. The van der Waals surface area contributed by atoms with Gasteiger partial charge >= 0.3 is 0 Å². The van der Waals surface area contributed by atoms with Gasteiger partial charge in [0.1, 0.15) is 5.82 Å². The summed E-state index contributed by atoms with van der Waals surface area (Å²) in [5.74, 6) is 0.989. The van der Waals surface area contributed by atoms with Crippen LogP contribution in [0.2, 0.25) is 0 Å². The van der Waals surface area contributed by atoms with Gasteiger partial charge in [0.05, 0.1) is 6.61 Å². The Morgan fingerprint density at radius 1 is 1.15 bits per heavy atom. The first kappa shape index (κ1) is 21.3. The maximum atomic E-state index is 12.3. The first-order valence-corrected chi connectivity index (χ1v) is 10.2. The Morgan fingerprint density at radius 3 is 2.48 bits per heavy atom. The Labute approximate surface area is 166 Å². The maximum Gasteiger partial charge on any atom is 0.224 e. The zero-order valence-electron chi connectivity index (χ0n) is 16.8. The normalized spacial score (nSPS) is 10.8. The quantitative estimate of drug-likeness (QED) is 0.590. The molecule has 0 saturated carbocycles. The summed E-state index contributed by atoms with van der Waals surface area (Å²) in [7, 11) is 1.68. The number of methoxy groups -OCH3 is 1. The second-order valence-corrected chi connectivity index (χ2v) is 7.18. The minimum Gasteiger partial charge on any atom is -0.383 e. The van der Waals surface area contributed by atoms with Gasteiger partial charge in [-0.3, -0.25) is 4.79 Å². The van der Waals surface area contributed by atoms with Crippen molar-refractivity contribution in [1.29, 1.82) is 0 Å². The fourth-order valence-corrected chi connectivity index (χ4v) is 3.54. The van der Waals surface area contributed by atoms with Crippen LogP contribution in [0, 0.1) is 6.92 Å². The Morgan fingerprint density at radius 2 is 1.85 bits per heavy atom. The van der Waals surface area contributed by atoms with E-state index in [1.165, 1.54) is 22.7 Å². The SMILES string of the molecule is CCN(CC)C(=O)CCN(CCOC)c1nc(Cc2ccc(C)cc2)ns1. The average molecular weight is 391 g/mol. The summed E-state index contributed by atoms with van der Waals surface area (Å²) < 4.78 is 9.73. The molecule has 0 N–H and O–H groups in total. The third kappa shape index (κ3) is 6.59. The van der Waals surface area contributed by atoms with Gasteiger partial charge in [-0.2, -0.15) is 4.37 Å². The van der Waals surface area contributed by atoms with Gasteiger partial charge in [-0.05, 0) is 26.3 Å². The molecule has 1 aromatic carbocycles. The molecular weight excluding hydrogens is 360 g/mol. The summed E-state index contributed by atoms with van der Waals surface area (Å²) in [6.45, 7) is 9.49. The second-order valence-electron chi connectivity index (χ2n) is 6.45. The third-order valence-corrected chi connectivity index (χ3v) is 5.30. The van der Waals surface area contributed by atoms with E-state index in [2.05, 4.69) is 40.5 Å². The van der Waals surface area contributed by atoms with Crippen molar-refractivity contribution >= 4 is 22.6 Å². The van der Waals surface area contributed by atoms with E-state index in [-0.39, 0.29) is 5.91 Å². The van der Waals surface area contributed by atoms with Gasteiger partial charge in [0.2, 0.25) is 11.0 Å². The van der Waals surface area contributed by atoms with Crippen LogP contribution in [0.25, 0.3) is 0 Å². The number of carbonyl (C=O) groups excluding carboxylic acids is 1. The van der Waals surface area contributed by atoms with E-state index in [1.807, 2.05) is 18.7 Å². The molecule has 6 nitrogen and oxygen atoms in total. The lowest BCUT2D eigenvalue weighted by Gasteiger charge is -2.23. The van der Waals surface area contributed by atoms with Crippen LogP contribution >= 0.6 is 11.5 Å². The number of ether oxygens (including phenoxy) is 1. The zero-order valence-corrected chi connectivity index (χ0v) is 17.6. The van der Waals surface area contributed by atoms with Crippen molar-refractivity contribution in [2.75, 3.05) is 44.8 Å². The summed E-state index contributed by atoms with van der Waals surface area (Å²) in [4.78, 5) is 21.0. The number of hydrogen-bond acceptors (Lipinski definition) is 6. The molecule has 0 fully saturated rings. The highest BCUT2D eigenvalue weighted by Crippen LogP contribution is 2.19. The number of hydrogen-bond donors (Lipinski definition) is 0. The van der Waals surface area contributed by atoms with Crippen LogP contribution in [0.15, 0.2) is 24.3 Å². The molecule has 0 radical (unpaired) electrons. The summed E-state index contributed by atoms with van der Waals surface area (Å²) >= 11 is 1.39. The molecule has 2 rings (SSSR count). The van der Waals surface area contributed by atoms with Gasteiger partial charge in [-0.15, -0.1) is 0 Å². The minimum absolute atomic E-state index is 0.173. The van der Waals surface area contributed by atoms with Gasteiger partial charge in [-0.25, -0.2) is 4.98 Å². The molecule has 27 heavy (non-hydrogen) atoms. The molecule has 0 aliphatic rings. The lowest BCUT2D eigenvalue weighted by molar-refractivity contribution is -0.130. The number of carbonyl (C=O) groups is 1. The van der Waals surface area contributed by atoms with Crippen LogP contribution in [0.4, 0.5) is 5.13 Å². The summed E-state index contributed by atoms with van der Waals surface area (Å²) in [6.07, 6.45) is 1.19. The molecular formula is C20H30N4O2S. The number of nitrogens with zero attached hydrogens (tertiary/aromatic N) is 4. The van der Waals surface area contributed by atoms with Gasteiger partial charge < -0.3 is 14.5 Å². The number of aromatic nitrogens is 2. The molecule has 1 amide bonds. The van der Waals surface area contributed by atoms with E-state index in [4.69, 9.17) is 9.72 Å². The highest BCUT2D eigenvalue weighted by Gasteiger charge is 2.16. The van der Waals surface area contributed by atoms with E-state index in [0.717, 1.165) is 24.0 Å². The molecule has 0 atom stereocenters. The van der Waals surface area contributed by atoms with Gasteiger partial charge in [-0.1, -0.05) is 29.8 Å². The molecule has 148 valence electrons. The molecule has 0 saturated heterocycles. The number of rotatable bonds is 11. The zero-order chi connectivity index (χ0) is 19.6. The standard InChI is InChI=1S/C20H30N4O2S/c1-5-23(6-2)19(25)11-12-24(13-14-26-4)20-21-18(22-27-20)15-17-9-7-16(3)8-10-17/h7-10H,5-6,11-15H2,1-4H3. The van der Waals surface area contributed by atoms with Crippen LogP contribution in [-0.4, -0.2) is 60.1 Å². The fourth-order valence-electron chi connectivity index (χ4n) is 2.80. The van der Waals surface area contributed by atoms with Crippen molar-refractivity contribution in [2.45, 2.75) is 33.6 Å². The van der Waals surface area contributed by atoms with Crippen molar-refractivity contribution < 1.29 is 9.53 Å². The van der Waals surface area contributed by atoms with Crippen LogP contribution in [0.5, 0.6) is 0 Å².